The highest BCUT2D eigenvalue weighted by Crippen LogP contribution is 2.18. The Labute approximate surface area is 91.8 Å². The number of nitrogens with one attached hydrogen (secondary N) is 1. The van der Waals surface area contributed by atoms with E-state index in [0.717, 1.165) is 20.3 Å². The number of hydrogen-bond donors (Lipinski definition) is 1. The lowest BCUT2D eigenvalue weighted by molar-refractivity contribution is 1.21. The van der Waals surface area contributed by atoms with Crippen molar-refractivity contribution in [3.63, 3.8) is 0 Å². The van der Waals surface area contributed by atoms with Gasteiger partial charge in [-0.3, -0.25) is 0 Å². The van der Waals surface area contributed by atoms with Gasteiger partial charge in [-0.05, 0) is 37.2 Å². The largest absolute Gasteiger partial charge is 0.337 e. The molecule has 0 amide bonds. The van der Waals surface area contributed by atoms with Crippen molar-refractivity contribution in [3.8, 4) is 0 Å². The third-order valence-electron chi connectivity index (χ3n) is 2.13. The molecule has 1 aliphatic carbocycles. The first-order valence-electron chi connectivity index (χ1n) is 4.41. The van der Waals surface area contributed by atoms with E-state index >= 15 is 0 Å². The summed E-state index contributed by atoms with van der Waals surface area (Å²) in [5, 5.41) is 0.922. The maximum Gasteiger partial charge on any atom is 0.159 e. The summed E-state index contributed by atoms with van der Waals surface area (Å²) >= 11 is 6.63. The highest BCUT2D eigenvalue weighted by Gasteiger charge is 2.01. The fourth-order valence-corrected chi connectivity index (χ4v) is 2.60. The standard InChI is InChI=1S/C11H11NS2/c1-7-3-4-9(5-7)6-10-8(2)12-11(13)14-10/h3-4,6H,2,5H2,1H3,(H,12,13)/b10-6+. The molecule has 0 spiro atoms. The predicted molar refractivity (Wildman–Crippen MR) is 65.2 cm³/mol. The van der Waals surface area contributed by atoms with Crippen LogP contribution in [0.5, 0.6) is 0 Å². The van der Waals surface area contributed by atoms with E-state index in [1.807, 2.05) is 0 Å². The van der Waals surface area contributed by atoms with E-state index in [9.17, 15) is 0 Å². The molecule has 0 fully saturated rings. The van der Waals surface area contributed by atoms with Crippen molar-refractivity contribution in [1.82, 2.24) is 4.98 Å². The van der Waals surface area contributed by atoms with E-state index in [0.29, 0.717) is 0 Å². The minimum absolute atomic E-state index is 0.796. The van der Waals surface area contributed by atoms with Gasteiger partial charge in [0.15, 0.2) is 3.95 Å². The Morgan fingerprint density at radius 1 is 1.57 bits per heavy atom. The lowest BCUT2D eigenvalue weighted by Crippen LogP contribution is -2.18. The Hall–Kier alpha value is -0.930. The van der Waals surface area contributed by atoms with Crippen LogP contribution in [0.3, 0.4) is 0 Å². The van der Waals surface area contributed by atoms with Crippen LogP contribution in [0.15, 0.2) is 23.3 Å². The molecule has 1 aromatic rings. The highest BCUT2D eigenvalue weighted by molar-refractivity contribution is 7.73. The molecule has 3 heteroatoms. The number of allylic oxidation sites excluding steroid dienone is 4. The highest BCUT2D eigenvalue weighted by atomic mass is 32.1. The molecule has 1 heterocycles. The first-order valence-corrected chi connectivity index (χ1v) is 5.64. The van der Waals surface area contributed by atoms with Crippen LogP contribution < -0.4 is 9.88 Å². The van der Waals surface area contributed by atoms with Crippen molar-refractivity contribution in [2.45, 2.75) is 13.3 Å². The van der Waals surface area contributed by atoms with Gasteiger partial charge in [0, 0.05) is 5.35 Å². The molecule has 0 saturated carbocycles. The molecule has 1 nitrogen and oxygen atoms in total. The van der Waals surface area contributed by atoms with Gasteiger partial charge in [-0.25, -0.2) is 0 Å². The molecule has 0 saturated heterocycles. The van der Waals surface area contributed by atoms with E-state index in [-0.39, 0.29) is 0 Å². The van der Waals surface area contributed by atoms with Crippen molar-refractivity contribution >= 4 is 36.2 Å². The first-order chi connectivity index (χ1) is 6.65. The molecule has 1 N–H and O–H groups in total. The van der Waals surface area contributed by atoms with Gasteiger partial charge in [0.05, 0.1) is 4.53 Å². The summed E-state index contributed by atoms with van der Waals surface area (Å²) in [4.78, 5) is 3.04. The summed E-state index contributed by atoms with van der Waals surface area (Å²) in [6.45, 7) is 6.06. The number of thiazole rings is 1. The van der Waals surface area contributed by atoms with Crippen LogP contribution in [0.2, 0.25) is 0 Å². The Balaban J connectivity index is 2.42. The monoisotopic (exact) mass is 221 g/mol. The third-order valence-corrected chi connectivity index (χ3v) is 3.36. The minimum Gasteiger partial charge on any atom is -0.337 e. The number of hydrogen-bond acceptors (Lipinski definition) is 2. The van der Waals surface area contributed by atoms with Crippen LogP contribution in [0, 0.1) is 3.95 Å². The quantitative estimate of drug-likeness (QED) is 0.719. The molecule has 0 aromatic carbocycles. The van der Waals surface area contributed by atoms with Gasteiger partial charge in [0.2, 0.25) is 0 Å². The molecule has 0 unspecified atom stereocenters. The van der Waals surface area contributed by atoms with Crippen LogP contribution >= 0.6 is 23.6 Å². The second kappa shape index (κ2) is 3.67. The number of rotatable bonds is 1. The molecular formula is C11H11NS2. The summed E-state index contributed by atoms with van der Waals surface area (Å²) in [7, 11) is 0. The Morgan fingerprint density at radius 3 is 2.86 bits per heavy atom. The van der Waals surface area contributed by atoms with Gasteiger partial charge in [-0.2, -0.15) is 0 Å². The van der Waals surface area contributed by atoms with Gasteiger partial charge in [0.25, 0.3) is 0 Å². The van der Waals surface area contributed by atoms with Crippen molar-refractivity contribution in [2.75, 3.05) is 0 Å². The normalized spacial score (nSPS) is 17.1. The molecule has 2 rings (SSSR count). The Kier molecular flexibility index (Phi) is 2.52. The maximum atomic E-state index is 5.05. The van der Waals surface area contributed by atoms with Crippen molar-refractivity contribution in [1.29, 1.82) is 0 Å². The molecular weight excluding hydrogens is 210 g/mol. The smallest absolute Gasteiger partial charge is 0.159 e. The molecule has 0 radical (unpaired) electrons. The van der Waals surface area contributed by atoms with Crippen LogP contribution in [-0.4, -0.2) is 4.98 Å². The van der Waals surface area contributed by atoms with Crippen LogP contribution in [-0.2, 0) is 0 Å². The fourth-order valence-electron chi connectivity index (χ4n) is 1.45. The molecule has 1 aromatic heterocycles. The Bertz CT molecular complexity index is 569. The summed E-state index contributed by atoms with van der Waals surface area (Å²) in [6, 6.07) is 0. The zero-order valence-corrected chi connectivity index (χ0v) is 9.60. The average molecular weight is 221 g/mol. The second-order valence-corrected chi connectivity index (χ2v) is 5.15. The van der Waals surface area contributed by atoms with Crippen LogP contribution in [0.25, 0.3) is 12.7 Å². The van der Waals surface area contributed by atoms with Crippen molar-refractivity contribution in [3.05, 3.63) is 37.1 Å². The van der Waals surface area contributed by atoms with Crippen LogP contribution in [0.4, 0.5) is 0 Å². The Morgan fingerprint density at radius 2 is 2.36 bits per heavy atom. The number of aromatic amines is 1. The molecule has 72 valence electrons. The van der Waals surface area contributed by atoms with Gasteiger partial charge in [0.1, 0.15) is 0 Å². The zero-order valence-electron chi connectivity index (χ0n) is 7.96. The maximum absolute atomic E-state index is 5.05. The lowest BCUT2D eigenvalue weighted by Gasteiger charge is -1.91. The molecule has 14 heavy (non-hydrogen) atoms. The summed E-state index contributed by atoms with van der Waals surface area (Å²) < 4.78 is 1.94. The average Bonchev–Trinajstić information content (AvgIpc) is 2.61. The second-order valence-electron chi connectivity index (χ2n) is 3.43. The fraction of sp³-hybridized carbons (Fsp3) is 0.182. The number of H-pyrrole nitrogens is 1. The van der Waals surface area contributed by atoms with E-state index in [2.05, 4.69) is 36.7 Å². The minimum atomic E-state index is 0.796. The summed E-state index contributed by atoms with van der Waals surface area (Å²) in [5.74, 6) is 0. The van der Waals surface area contributed by atoms with Gasteiger partial charge < -0.3 is 4.98 Å². The SMILES string of the molecule is C=c1[nH]c(=S)s/c1=C/C1=CC=C(C)C1. The van der Waals surface area contributed by atoms with E-state index in [4.69, 9.17) is 12.2 Å². The van der Waals surface area contributed by atoms with Crippen molar-refractivity contribution < 1.29 is 0 Å². The summed E-state index contributed by atoms with van der Waals surface area (Å²) in [6.07, 6.45) is 7.51. The van der Waals surface area contributed by atoms with E-state index in [1.54, 1.807) is 11.3 Å². The third kappa shape index (κ3) is 1.94. The molecule has 1 aliphatic rings. The molecule has 0 aliphatic heterocycles. The molecule has 0 atom stereocenters. The summed E-state index contributed by atoms with van der Waals surface area (Å²) in [5.41, 5.74) is 2.73. The van der Waals surface area contributed by atoms with Crippen LogP contribution in [0.1, 0.15) is 13.3 Å². The molecule has 0 bridgehead atoms. The van der Waals surface area contributed by atoms with Gasteiger partial charge in [-0.1, -0.05) is 24.3 Å². The number of aromatic nitrogens is 1. The first kappa shape index (κ1) is 9.62. The predicted octanol–water partition coefficient (Wildman–Crippen LogP) is 2.27. The lowest BCUT2D eigenvalue weighted by atomic mass is 10.2. The van der Waals surface area contributed by atoms with Crippen molar-refractivity contribution in [2.24, 2.45) is 0 Å². The zero-order chi connectivity index (χ0) is 10.1. The van der Waals surface area contributed by atoms with Gasteiger partial charge >= 0.3 is 0 Å². The van der Waals surface area contributed by atoms with E-state index in [1.165, 1.54) is 11.1 Å². The topological polar surface area (TPSA) is 15.8 Å². The van der Waals surface area contributed by atoms with E-state index < -0.39 is 0 Å². The van der Waals surface area contributed by atoms with Gasteiger partial charge in [-0.15, -0.1) is 11.3 Å².